The molecule has 1 saturated heterocycles. The lowest BCUT2D eigenvalue weighted by Gasteiger charge is -2.30. The zero-order valence-electron chi connectivity index (χ0n) is 15.1. The number of aliphatic hydroxyl groups is 1. The van der Waals surface area contributed by atoms with Crippen molar-refractivity contribution in [1.82, 2.24) is 4.90 Å². The number of benzene rings is 1. The third-order valence-corrected chi connectivity index (χ3v) is 5.47. The van der Waals surface area contributed by atoms with Crippen LogP contribution in [0.1, 0.15) is 49.7 Å². The number of hydrogen-bond donors (Lipinski definition) is 1. The molecule has 1 N–H and O–H groups in total. The molecule has 1 atom stereocenters. The molecule has 1 aliphatic heterocycles. The number of carbonyl (C=O) groups is 2. The van der Waals surface area contributed by atoms with E-state index in [1.807, 2.05) is 32.0 Å². The molecule has 1 saturated carbocycles. The third kappa shape index (κ3) is 3.71. The second kappa shape index (κ2) is 7.16. The summed E-state index contributed by atoms with van der Waals surface area (Å²) >= 11 is 0. The number of β-amino-alcohol motifs (C(OH)–C–C–N with tert-alkyl or cyclic N) is 1. The van der Waals surface area contributed by atoms with E-state index in [1.165, 1.54) is 4.90 Å². The van der Waals surface area contributed by atoms with Crippen LogP contribution in [0.4, 0.5) is 0 Å². The van der Waals surface area contributed by atoms with Crippen molar-refractivity contribution in [2.75, 3.05) is 13.2 Å². The highest BCUT2D eigenvalue weighted by atomic mass is 16.5. The molecule has 1 aliphatic carbocycles. The van der Waals surface area contributed by atoms with Crippen LogP contribution >= 0.6 is 0 Å². The Morgan fingerprint density at radius 2 is 1.92 bits per heavy atom. The molecule has 2 fully saturated rings. The number of aliphatic hydroxyl groups excluding tert-OH is 1. The minimum atomic E-state index is -0.883. The van der Waals surface area contributed by atoms with Gasteiger partial charge in [0.15, 0.2) is 0 Å². The van der Waals surface area contributed by atoms with Gasteiger partial charge >= 0.3 is 0 Å². The Morgan fingerprint density at radius 3 is 2.64 bits per heavy atom. The number of ether oxygens (including phenoxy) is 1. The summed E-state index contributed by atoms with van der Waals surface area (Å²) in [4.78, 5) is 26.3. The van der Waals surface area contributed by atoms with E-state index in [-0.39, 0.29) is 25.0 Å². The van der Waals surface area contributed by atoms with Crippen LogP contribution in [0.2, 0.25) is 0 Å². The fourth-order valence-corrected chi connectivity index (χ4v) is 3.98. The van der Waals surface area contributed by atoms with Crippen LogP contribution in [0.15, 0.2) is 18.2 Å². The van der Waals surface area contributed by atoms with Crippen molar-refractivity contribution in [1.29, 1.82) is 0 Å². The molecule has 5 nitrogen and oxygen atoms in total. The molecule has 25 heavy (non-hydrogen) atoms. The van der Waals surface area contributed by atoms with Gasteiger partial charge in [-0.25, -0.2) is 0 Å². The summed E-state index contributed by atoms with van der Waals surface area (Å²) in [5.41, 5.74) is 1.58. The lowest BCUT2D eigenvalue weighted by atomic mass is 9.73. The van der Waals surface area contributed by atoms with Gasteiger partial charge < -0.3 is 9.84 Å². The first-order valence-corrected chi connectivity index (χ1v) is 9.14. The van der Waals surface area contributed by atoms with E-state index >= 15 is 0 Å². The molecule has 1 heterocycles. The zero-order chi connectivity index (χ0) is 18.0. The fraction of sp³-hybridized carbons (Fsp3) is 0.600. The Balaban J connectivity index is 1.59. The summed E-state index contributed by atoms with van der Waals surface area (Å²) in [7, 11) is 0. The first-order chi connectivity index (χ1) is 11.9. The van der Waals surface area contributed by atoms with E-state index in [1.54, 1.807) is 0 Å². The second-order valence-electron chi connectivity index (χ2n) is 7.56. The monoisotopic (exact) mass is 345 g/mol. The summed E-state index contributed by atoms with van der Waals surface area (Å²) in [5, 5.41) is 10.3. The Bertz CT molecular complexity index is 664. The molecule has 0 bridgehead atoms. The molecule has 1 spiro atoms. The molecule has 1 aromatic carbocycles. The number of amides is 2. The van der Waals surface area contributed by atoms with Crippen LogP contribution in [0.3, 0.4) is 0 Å². The molecule has 1 unspecified atom stereocenters. The highest BCUT2D eigenvalue weighted by Crippen LogP contribution is 2.45. The van der Waals surface area contributed by atoms with Gasteiger partial charge in [0.25, 0.3) is 0 Å². The number of hydrogen-bond acceptors (Lipinski definition) is 4. The Morgan fingerprint density at radius 1 is 1.20 bits per heavy atom. The number of likely N-dealkylation sites (tertiary alicyclic amines) is 1. The van der Waals surface area contributed by atoms with E-state index in [0.717, 1.165) is 49.0 Å². The van der Waals surface area contributed by atoms with Gasteiger partial charge in [-0.15, -0.1) is 0 Å². The normalized spacial score (nSPS) is 21.0. The number of imide groups is 1. The van der Waals surface area contributed by atoms with Gasteiger partial charge in [-0.05, 0) is 43.9 Å². The highest BCUT2D eigenvalue weighted by molar-refractivity contribution is 6.06. The number of nitrogens with zero attached hydrogens (tertiary/aromatic N) is 1. The molecular weight excluding hydrogens is 318 g/mol. The van der Waals surface area contributed by atoms with Crippen LogP contribution in [0.5, 0.6) is 5.75 Å². The van der Waals surface area contributed by atoms with Crippen molar-refractivity contribution in [2.24, 2.45) is 5.41 Å². The molecule has 2 aliphatic rings. The standard InChI is InChI=1S/C20H27NO4/c1-14-6-7-15(2)17(10-14)25-13-16(22)12-21-18(23)11-20(19(21)24)8-4-3-5-9-20/h6-7,10,16,22H,3-5,8-9,11-13H2,1-2H3. The molecule has 136 valence electrons. The fourth-order valence-electron chi connectivity index (χ4n) is 3.98. The van der Waals surface area contributed by atoms with E-state index in [9.17, 15) is 14.7 Å². The van der Waals surface area contributed by atoms with Crippen molar-refractivity contribution in [3.8, 4) is 5.75 Å². The average molecular weight is 345 g/mol. The number of aryl methyl sites for hydroxylation is 2. The number of rotatable bonds is 5. The van der Waals surface area contributed by atoms with Gasteiger partial charge in [0.2, 0.25) is 11.8 Å². The minimum Gasteiger partial charge on any atom is -0.491 e. The lowest BCUT2D eigenvalue weighted by Crippen LogP contribution is -2.42. The van der Waals surface area contributed by atoms with Gasteiger partial charge in [0.1, 0.15) is 18.5 Å². The molecule has 2 amide bonds. The summed E-state index contributed by atoms with van der Waals surface area (Å²) < 4.78 is 5.70. The maximum atomic E-state index is 12.8. The van der Waals surface area contributed by atoms with E-state index < -0.39 is 11.5 Å². The van der Waals surface area contributed by atoms with Crippen molar-refractivity contribution in [2.45, 2.75) is 58.5 Å². The SMILES string of the molecule is Cc1ccc(C)c(OCC(O)CN2C(=O)CC3(CCCCC3)C2=O)c1. The van der Waals surface area contributed by atoms with E-state index in [4.69, 9.17) is 4.74 Å². The van der Waals surface area contributed by atoms with Crippen LogP contribution in [0, 0.1) is 19.3 Å². The maximum absolute atomic E-state index is 12.8. The van der Waals surface area contributed by atoms with Gasteiger partial charge in [0, 0.05) is 6.42 Å². The van der Waals surface area contributed by atoms with Crippen molar-refractivity contribution < 1.29 is 19.4 Å². The Hall–Kier alpha value is -1.88. The molecule has 0 aromatic heterocycles. The largest absolute Gasteiger partial charge is 0.491 e. The molecular formula is C20H27NO4. The molecule has 1 aromatic rings. The van der Waals surface area contributed by atoms with Crippen LogP contribution in [-0.2, 0) is 9.59 Å². The van der Waals surface area contributed by atoms with Crippen molar-refractivity contribution in [3.05, 3.63) is 29.3 Å². The van der Waals surface area contributed by atoms with Gasteiger partial charge in [-0.1, -0.05) is 31.4 Å². The van der Waals surface area contributed by atoms with E-state index in [2.05, 4.69) is 0 Å². The van der Waals surface area contributed by atoms with Crippen molar-refractivity contribution in [3.63, 3.8) is 0 Å². The predicted molar refractivity (Wildman–Crippen MR) is 94.3 cm³/mol. The minimum absolute atomic E-state index is 0.0181. The molecule has 5 heteroatoms. The predicted octanol–water partition coefficient (Wildman–Crippen LogP) is 2.75. The average Bonchev–Trinajstić information content (AvgIpc) is 2.80. The van der Waals surface area contributed by atoms with E-state index in [0.29, 0.717) is 6.42 Å². The third-order valence-electron chi connectivity index (χ3n) is 5.47. The van der Waals surface area contributed by atoms with Gasteiger partial charge in [-0.2, -0.15) is 0 Å². The Labute approximate surface area is 149 Å². The Kier molecular flexibility index (Phi) is 5.13. The highest BCUT2D eigenvalue weighted by Gasteiger charge is 2.51. The molecule has 0 radical (unpaired) electrons. The quantitative estimate of drug-likeness (QED) is 0.833. The lowest BCUT2D eigenvalue weighted by molar-refractivity contribution is -0.144. The maximum Gasteiger partial charge on any atom is 0.235 e. The summed E-state index contributed by atoms with van der Waals surface area (Å²) in [5.74, 6) is 0.475. The van der Waals surface area contributed by atoms with Crippen molar-refractivity contribution >= 4 is 11.8 Å². The van der Waals surface area contributed by atoms with Crippen LogP contribution in [-0.4, -0.2) is 41.1 Å². The second-order valence-corrected chi connectivity index (χ2v) is 7.56. The van der Waals surface area contributed by atoms with Gasteiger partial charge in [0.05, 0.1) is 12.0 Å². The van der Waals surface area contributed by atoms with Gasteiger partial charge in [-0.3, -0.25) is 14.5 Å². The van der Waals surface area contributed by atoms with Crippen LogP contribution < -0.4 is 4.74 Å². The summed E-state index contributed by atoms with van der Waals surface area (Å²) in [6, 6.07) is 5.90. The first-order valence-electron chi connectivity index (χ1n) is 9.14. The first kappa shape index (κ1) is 17.9. The summed E-state index contributed by atoms with van der Waals surface area (Å²) in [6.45, 7) is 4.01. The number of carbonyl (C=O) groups excluding carboxylic acids is 2. The zero-order valence-corrected chi connectivity index (χ0v) is 15.1. The topological polar surface area (TPSA) is 66.8 Å². The van der Waals surface area contributed by atoms with Crippen LogP contribution in [0.25, 0.3) is 0 Å². The molecule has 3 rings (SSSR count). The summed E-state index contributed by atoms with van der Waals surface area (Å²) in [6.07, 6.45) is 4.15. The smallest absolute Gasteiger partial charge is 0.235 e.